The van der Waals surface area contributed by atoms with Crippen molar-refractivity contribution in [2.45, 2.75) is 19.8 Å². The van der Waals surface area contributed by atoms with Gasteiger partial charge in [-0.05, 0) is 60.5 Å². The first-order chi connectivity index (χ1) is 19.7. The molecule has 0 radical (unpaired) electrons. The van der Waals surface area contributed by atoms with E-state index in [9.17, 15) is 28.4 Å². The topological polar surface area (TPSA) is 208 Å². The minimum atomic E-state index is -1.19. The summed E-state index contributed by atoms with van der Waals surface area (Å²) in [6, 6.07) is 12.7. The second-order valence-electron chi connectivity index (χ2n) is 8.78. The number of halogens is 2. The highest BCUT2D eigenvalue weighted by Crippen LogP contribution is 2.27. The lowest BCUT2D eigenvalue weighted by Gasteiger charge is -2.16. The van der Waals surface area contributed by atoms with Gasteiger partial charge in [-0.1, -0.05) is 30.7 Å². The van der Waals surface area contributed by atoms with Crippen LogP contribution in [0.2, 0.25) is 5.02 Å². The van der Waals surface area contributed by atoms with Gasteiger partial charge in [0.15, 0.2) is 0 Å². The first-order valence-corrected chi connectivity index (χ1v) is 12.4. The molecule has 0 saturated carbocycles. The zero-order chi connectivity index (χ0) is 31.7. The number of primary amides is 1. The third kappa shape index (κ3) is 7.99. The highest BCUT2D eigenvalue weighted by atomic mass is 35.5. The number of aliphatic hydroxyl groups excluding tert-OH is 1. The summed E-state index contributed by atoms with van der Waals surface area (Å²) in [6.45, 7) is 2.89. The third-order valence-corrected chi connectivity index (χ3v) is 6.22. The molecule has 42 heavy (non-hydrogen) atoms. The van der Waals surface area contributed by atoms with Crippen molar-refractivity contribution in [1.29, 1.82) is 0 Å². The number of amides is 1. The van der Waals surface area contributed by atoms with Gasteiger partial charge >= 0.3 is 17.9 Å². The number of aliphatic hydroxyl groups is 1. The normalized spacial score (nSPS) is 10.9. The molecule has 4 rings (SSSR count). The maximum atomic E-state index is 12.6. The summed E-state index contributed by atoms with van der Waals surface area (Å²) in [5, 5.41) is 37.0. The minimum absolute atomic E-state index is 0.0185. The molecule has 1 unspecified atom stereocenters. The van der Waals surface area contributed by atoms with Gasteiger partial charge in [0.1, 0.15) is 5.82 Å². The molecule has 220 valence electrons. The first kappa shape index (κ1) is 33.1. The highest BCUT2D eigenvalue weighted by Gasteiger charge is 2.24. The number of rotatable bonds is 6. The molecule has 11 nitrogen and oxygen atoms in total. The zero-order valence-electron chi connectivity index (χ0n) is 22.2. The molecule has 0 fully saturated rings. The molecule has 0 spiro atoms. The molecule has 0 bridgehead atoms. The van der Waals surface area contributed by atoms with Crippen LogP contribution in [0.3, 0.4) is 0 Å². The molecule has 7 N–H and O–H groups in total. The summed E-state index contributed by atoms with van der Waals surface area (Å²) < 4.78 is 12.6. The van der Waals surface area contributed by atoms with E-state index in [1.807, 2.05) is 0 Å². The van der Waals surface area contributed by atoms with Crippen LogP contribution in [-0.4, -0.2) is 55.8 Å². The summed E-state index contributed by atoms with van der Waals surface area (Å²) >= 11 is 5.36. The summed E-state index contributed by atoms with van der Waals surface area (Å²) in [6.07, 6.45) is 1.44. The van der Waals surface area contributed by atoms with Crippen molar-refractivity contribution in [3.63, 3.8) is 0 Å². The maximum absolute atomic E-state index is 12.6. The third-order valence-electron chi connectivity index (χ3n) is 5.91. The number of aromatic amines is 1. The molecule has 1 atom stereocenters. The lowest BCUT2D eigenvalue weighted by atomic mass is 9.88. The molecule has 1 heterocycles. The van der Waals surface area contributed by atoms with Crippen molar-refractivity contribution in [2.24, 2.45) is 5.73 Å². The van der Waals surface area contributed by atoms with Crippen LogP contribution < -0.4 is 11.3 Å². The van der Waals surface area contributed by atoms with Crippen molar-refractivity contribution in [2.75, 3.05) is 6.61 Å². The molecular formula is C29H26ClFN2O9. The number of carbonyl (C=O) groups is 4. The van der Waals surface area contributed by atoms with E-state index in [4.69, 9.17) is 37.8 Å². The molecule has 13 heteroatoms. The fourth-order valence-corrected chi connectivity index (χ4v) is 3.98. The Morgan fingerprint density at radius 1 is 0.929 bits per heavy atom. The van der Waals surface area contributed by atoms with Gasteiger partial charge in [0.25, 0.3) is 5.56 Å². The summed E-state index contributed by atoms with van der Waals surface area (Å²) in [7, 11) is 0. The number of benzene rings is 3. The predicted octanol–water partition coefficient (Wildman–Crippen LogP) is 4.29. The van der Waals surface area contributed by atoms with Crippen LogP contribution in [0.1, 0.15) is 65.4 Å². The van der Waals surface area contributed by atoms with Gasteiger partial charge in [-0.25, -0.2) is 18.8 Å². The predicted molar refractivity (Wildman–Crippen MR) is 152 cm³/mol. The van der Waals surface area contributed by atoms with Gasteiger partial charge in [-0.2, -0.15) is 0 Å². The minimum Gasteiger partial charge on any atom is -0.478 e. The van der Waals surface area contributed by atoms with E-state index in [0.717, 1.165) is 6.07 Å². The zero-order valence-corrected chi connectivity index (χ0v) is 23.0. The molecule has 3 aromatic carbocycles. The Morgan fingerprint density at radius 3 is 2.10 bits per heavy atom. The van der Waals surface area contributed by atoms with E-state index in [1.165, 1.54) is 36.5 Å². The molecule has 1 amide bonds. The average Bonchev–Trinajstić information content (AvgIpc) is 2.94. The lowest BCUT2D eigenvalue weighted by Crippen LogP contribution is -2.15. The molecule has 1 aromatic heterocycles. The maximum Gasteiger partial charge on any atom is 0.336 e. The number of carboxylic acid groups (broad SMARTS) is 3. The molecule has 0 aliphatic rings. The van der Waals surface area contributed by atoms with E-state index in [1.54, 1.807) is 32.0 Å². The molecule has 4 aromatic rings. The lowest BCUT2D eigenvalue weighted by molar-refractivity contribution is 0.0680. The molecule has 0 aliphatic carbocycles. The average molecular weight is 601 g/mol. The molecular weight excluding hydrogens is 575 g/mol. The number of fused-ring (bicyclic) bond motifs is 1. The Kier molecular flexibility index (Phi) is 11.5. The van der Waals surface area contributed by atoms with Gasteiger partial charge in [0.05, 0.1) is 21.7 Å². The Morgan fingerprint density at radius 2 is 1.57 bits per heavy atom. The van der Waals surface area contributed by atoms with Gasteiger partial charge < -0.3 is 31.1 Å². The fraction of sp³-hybridized carbons (Fsp3) is 0.138. The van der Waals surface area contributed by atoms with Crippen LogP contribution in [0, 0.1) is 12.7 Å². The van der Waals surface area contributed by atoms with Crippen molar-refractivity contribution in [3.8, 4) is 0 Å². The van der Waals surface area contributed by atoms with Crippen molar-refractivity contribution < 1.29 is 44.0 Å². The first-order valence-electron chi connectivity index (χ1n) is 12.0. The second kappa shape index (κ2) is 14.5. The van der Waals surface area contributed by atoms with Gasteiger partial charge in [0.2, 0.25) is 5.91 Å². The number of carbonyl (C=O) groups excluding carboxylic acids is 1. The van der Waals surface area contributed by atoms with Crippen molar-refractivity contribution in [3.05, 3.63) is 115 Å². The number of nitrogens with one attached hydrogen (secondary N) is 1. The standard InChI is InChI=1S/C12H14O5.C10H7NO3.C7H5ClFNO/c1-6-3-4-8(11(14)15)9(7(2)5-13)10(6)12(16)17;12-9-7-2-1-3-8(10(13)14)6(7)4-5-11-9;8-5-2-1-4(7(10)11)3-6(5)9/h3-4,7,13H,5H2,1-2H3,(H,14,15)(H,16,17);1-5H,(H,11,12)(H,13,14);1-3H,(H2,10,11). The van der Waals surface area contributed by atoms with E-state index in [-0.39, 0.29) is 45.0 Å². The van der Waals surface area contributed by atoms with E-state index >= 15 is 0 Å². The Hall–Kier alpha value is -5.07. The van der Waals surface area contributed by atoms with Crippen LogP contribution in [0.4, 0.5) is 4.39 Å². The summed E-state index contributed by atoms with van der Waals surface area (Å²) in [4.78, 5) is 57.3. The Labute approximate surface area is 242 Å². The van der Waals surface area contributed by atoms with E-state index in [2.05, 4.69) is 4.98 Å². The number of pyridine rings is 1. The van der Waals surface area contributed by atoms with Crippen LogP contribution in [0.15, 0.2) is 65.6 Å². The fourth-order valence-electron chi connectivity index (χ4n) is 3.86. The number of aromatic carboxylic acids is 3. The molecule has 0 saturated heterocycles. The number of nitrogens with two attached hydrogens (primary N) is 1. The van der Waals surface area contributed by atoms with Crippen molar-refractivity contribution in [1.82, 2.24) is 4.98 Å². The van der Waals surface area contributed by atoms with Crippen LogP contribution in [0.5, 0.6) is 0 Å². The highest BCUT2D eigenvalue weighted by molar-refractivity contribution is 6.30. The SMILES string of the molecule is Cc1ccc(C(=O)O)c(C(C)CO)c1C(=O)O.NC(=O)c1ccc(Cl)c(F)c1.O=C(O)c1cccc2c(=O)[nH]ccc12. The number of hydrogen-bond donors (Lipinski definition) is 6. The van der Waals surface area contributed by atoms with Crippen LogP contribution in [-0.2, 0) is 0 Å². The smallest absolute Gasteiger partial charge is 0.336 e. The van der Waals surface area contributed by atoms with Crippen LogP contribution in [0.25, 0.3) is 10.8 Å². The Bertz CT molecular complexity index is 1720. The molecule has 0 aliphatic heterocycles. The van der Waals surface area contributed by atoms with Crippen molar-refractivity contribution >= 4 is 46.2 Å². The monoisotopic (exact) mass is 600 g/mol. The number of carboxylic acids is 3. The number of aryl methyl sites for hydroxylation is 1. The van der Waals surface area contributed by atoms with Gasteiger partial charge in [-0.15, -0.1) is 0 Å². The van der Waals surface area contributed by atoms with E-state index < -0.39 is 35.6 Å². The largest absolute Gasteiger partial charge is 0.478 e. The summed E-state index contributed by atoms with van der Waals surface area (Å²) in [5.41, 5.74) is 5.42. The number of hydrogen-bond acceptors (Lipinski definition) is 6. The Balaban J connectivity index is 0.000000225. The quantitative estimate of drug-likeness (QED) is 0.186. The van der Waals surface area contributed by atoms with Gasteiger partial charge in [0, 0.05) is 35.1 Å². The summed E-state index contributed by atoms with van der Waals surface area (Å²) in [5.74, 6) is -5.24. The number of aromatic nitrogens is 1. The van der Waals surface area contributed by atoms with Gasteiger partial charge in [-0.3, -0.25) is 9.59 Å². The van der Waals surface area contributed by atoms with E-state index in [0.29, 0.717) is 16.3 Å². The number of H-pyrrole nitrogens is 1. The second-order valence-corrected chi connectivity index (χ2v) is 9.19. The van der Waals surface area contributed by atoms with Crippen LogP contribution >= 0.6 is 11.6 Å².